The summed E-state index contributed by atoms with van der Waals surface area (Å²) in [5.74, 6) is -0.924. The van der Waals surface area contributed by atoms with Gasteiger partial charge >= 0.3 is 17.9 Å². The van der Waals surface area contributed by atoms with Crippen LogP contribution in [0.2, 0.25) is 0 Å². The van der Waals surface area contributed by atoms with Crippen molar-refractivity contribution in [3.05, 3.63) is 134 Å². The first-order valence-corrected chi connectivity index (χ1v) is 31.7. The Bertz CT molecular complexity index is 1650. The molecule has 0 rings (SSSR count). The van der Waals surface area contributed by atoms with Crippen LogP contribution in [0.4, 0.5) is 0 Å². The van der Waals surface area contributed by atoms with E-state index in [4.69, 9.17) is 14.2 Å². The molecule has 0 fully saturated rings. The number of unbranched alkanes of at least 4 members (excludes halogenated alkanes) is 23. The van der Waals surface area contributed by atoms with Gasteiger partial charge in [0, 0.05) is 19.3 Å². The van der Waals surface area contributed by atoms with Gasteiger partial charge in [0.25, 0.3) is 0 Å². The Labute approximate surface area is 475 Å². The Kier molecular flexibility index (Phi) is 60.4. The lowest BCUT2D eigenvalue weighted by molar-refractivity contribution is -0.167. The highest BCUT2D eigenvalue weighted by Crippen LogP contribution is 2.15. The van der Waals surface area contributed by atoms with Gasteiger partial charge in [-0.1, -0.05) is 276 Å². The number of esters is 3. The van der Waals surface area contributed by atoms with Gasteiger partial charge in [0.2, 0.25) is 0 Å². The molecule has 436 valence electrons. The number of hydrogen-bond donors (Lipinski definition) is 0. The Morgan fingerprint density at radius 1 is 0.273 bits per heavy atom. The van der Waals surface area contributed by atoms with Crippen LogP contribution in [0, 0.1) is 0 Å². The van der Waals surface area contributed by atoms with Crippen LogP contribution in [0.3, 0.4) is 0 Å². The number of allylic oxidation sites excluding steroid dienone is 22. The SMILES string of the molecule is CC/C=C\C/C=C\C/C=C\C/C=C\C/C=C\C/C=C\CCCCCCCCC(=O)OCC(COC(=O)CCCCCCCCCCCCCCC)OC(=O)CCCCCCC/C=C\C/C=C\C/C=C\C/C=C\C/C=C\CC. The van der Waals surface area contributed by atoms with Gasteiger partial charge in [-0.3, -0.25) is 14.4 Å². The number of carbonyl (C=O) groups is 3. The molecule has 77 heavy (non-hydrogen) atoms. The third kappa shape index (κ3) is 62.3. The average molecular weight is 1070 g/mol. The number of hydrogen-bond acceptors (Lipinski definition) is 6. The smallest absolute Gasteiger partial charge is 0.306 e. The fourth-order valence-electron chi connectivity index (χ4n) is 8.47. The Morgan fingerprint density at radius 3 is 0.792 bits per heavy atom. The standard InChI is InChI=1S/C71H116O6/c1-4-7-10-13-16-19-22-25-27-29-31-33-34-35-36-38-39-41-43-46-49-52-55-58-61-64-70(73)76-67-68(66-75-69(72)63-60-57-54-51-48-45-24-21-18-15-12-9-6-3)77-71(74)65-62-59-56-53-50-47-44-42-40-37-32-30-28-26-23-20-17-14-11-8-5-2/h7-8,10-11,16-17,19-20,25-28,31-33,35-37,39,41-42,44,68H,4-6,9,12-15,18,21-24,29-30,34,38,40,43,45-67H2,1-3H3/b10-7-,11-8-,19-16-,20-17-,27-25-,28-26-,33-31-,36-35-,37-32-,41-39-,44-42-. The number of ether oxygens (including phenoxy) is 3. The van der Waals surface area contributed by atoms with Crippen LogP contribution in [0.1, 0.15) is 278 Å². The topological polar surface area (TPSA) is 78.9 Å². The highest BCUT2D eigenvalue weighted by Gasteiger charge is 2.19. The van der Waals surface area contributed by atoms with Crippen LogP contribution in [-0.4, -0.2) is 37.2 Å². The predicted octanol–water partition coefficient (Wildman–Crippen LogP) is 21.8. The molecule has 0 heterocycles. The second kappa shape index (κ2) is 64.1. The molecule has 0 aliphatic carbocycles. The zero-order chi connectivity index (χ0) is 55.7. The van der Waals surface area contributed by atoms with Gasteiger partial charge in [-0.25, -0.2) is 0 Å². The van der Waals surface area contributed by atoms with E-state index in [0.717, 1.165) is 161 Å². The fourth-order valence-corrected chi connectivity index (χ4v) is 8.47. The molecule has 0 amide bonds. The maximum Gasteiger partial charge on any atom is 0.306 e. The monoisotopic (exact) mass is 1060 g/mol. The summed E-state index contributed by atoms with van der Waals surface area (Å²) in [5.41, 5.74) is 0. The zero-order valence-electron chi connectivity index (χ0n) is 49.9. The van der Waals surface area contributed by atoms with Crippen LogP contribution in [0.25, 0.3) is 0 Å². The van der Waals surface area contributed by atoms with Gasteiger partial charge in [0.15, 0.2) is 6.10 Å². The highest BCUT2D eigenvalue weighted by molar-refractivity contribution is 5.71. The van der Waals surface area contributed by atoms with Crippen LogP contribution in [-0.2, 0) is 28.6 Å². The van der Waals surface area contributed by atoms with Crippen molar-refractivity contribution >= 4 is 17.9 Å². The molecular weight excluding hydrogens is 949 g/mol. The lowest BCUT2D eigenvalue weighted by atomic mass is 10.0. The van der Waals surface area contributed by atoms with E-state index in [1.165, 1.54) is 77.0 Å². The normalized spacial score (nSPS) is 13.0. The molecule has 0 saturated carbocycles. The number of rotatable bonds is 56. The molecule has 1 unspecified atom stereocenters. The van der Waals surface area contributed by atoms with Crippen molar-refractivity contribution in [3.8, 4) is 0 Å². The van der Waals surface area contributed by atoms with Crippen molar-refractivity contribution in [2.75, 3.05) is 13.2 Å². The molecule has 1 atom stereocenters. The molecule has 6 heteroatoms. The van der Waals surface area contributed by atoms with Crippen LogP contribution < -0.4 is 0 Å². The summed E-state index contributed by atoms with van der Waals surface area (Å²) in [4.78, 5) is 38.3. The van der Waals surface area contributed by atoms with E-state index in [-0.39, 0.29) is 31.1 Å². The summed E-state index contributed by atoms with van der Waals surface area (Å²) in [6, 6.07) is 0. The van der Waals surface area contributed by atoms with E-state index in [0.29, 0.717) is 19.3 Å². The van der Waals surface area contributed by atoms with E-state index >= 15 is 0 Å². The van der Waals surface area contributed by atoms with Crippen molar-refractivity contribution in [1.29, 1.82) is 0 Å². The Hall–Kier alpha value is -4.45. The van der Waals surface area contributed by atoms with Gasteiger partial charge in [0.05, 0.1) is 0 Å². The first-order valence-electron chi connectivity index (χ1n) is 31.7. The Balaban J connectivity index is 4.43. The first kappa shape index (κ1) is 72.5. The van der Waals surface area contributed by atoms with Crippen molar-refractivity contribution in [2.24, 2.45) is 0 Å². The van der Waals surface area contributed by atoms with Crippen LogP contribution in [0.15, 0.2) is 134 Å². The minimum atomic E-state index is -0.799. The zero-order valence-corrected chi connectivity index (χ0v) is 49.9. The third-order valence-corrected chi connectivity index (χ3v) is 13.2. The summed E-state index contributed by atoms with van der Waals surface area (Å²) >= 11 is 0. The summed E-state index contributed by atoms with van der Waals surface area (Å²) in [6.45, 7) is 6.39. The summed E-state index contributed by atoms with van der Waals surface area (Å²) in [7, 11) is 0. The lowest BCUT2D eigenvalue weighted by Crippen LogP contribution is -2.30. The third-order valence-electron chi connectivity index (χ3n) is 13.2. The van der Waals surface area contributed by atoms with Gasteiger partial charge in [-0.2, -0.15) is 0 Å². The summed E-state index contributed by atoms with van der Waals surface area (Å²) in [5, 5.41) is 0. The van der Waals surface area contributed by atoms with Crippen LogP contribution >= 0.6 is 0 Å². The molecule has 0 aliphatic heterocycles. The minimum absolute atomic E-state index is 0.0926. The van der Waals surface area contributed by atoms with E-state index < -0.39 is 6.10 Å². The van der Waals surface area contributed by atoms with E-state index in [1.807, 2.05) is 0 Å². The predicted molar refractivity (Wildman–Crippen MR) is 334 cm³/mol. The van der Waals surface area contributed by atoms with Gasteiger partial charge < -0.3 is 14.2 Å². The molecule has 0 N–H and O–H groups in total. The molecule has 0 bridgehead atoms. The van der Waals surface area contributed by atoms with Gasteiger partial charge in [-0.05, 0) is 116 Å². The second-order valence-electron chi connectivity index (χ2n) is 20.6. The molecule has 0 radical (unpaired) electrons. The minimum Gasteiger partial charge on any atom is -0.462 e. The molecule has 0 spiro atoms. The van der Waals surface area contributed by atoms with E-state index in [2.05, 4.69) is 154 Å². The molecule has 0 aromatic heterocycles. The summed E-state index contributed by atoms with van der Waals surface area (Å²) in [6.07, 6.45) is 90.2. The van der Waals surface area contributed by atoms with E-state index in [1.54, 1.807) is 0 Å². The van der Waals surface area contributed by atoms with Crippen molar-refractivity contribution < 1.29 is 28.6 Å². The first-order chi connectivity index (χ1) is 38.0. The molecular formula is C71H116O6. The maximum absolute atomic E-state index is 12.9. The lowest BCUT2D eigenvalue weighted by Gasteiger charge is -2.18. The van der Waals surface area contributed by atoms with Gasteiger partial charge in [-0.15, -0.1) is 0 Å². The molecule has 0 aromatic carbocycles. The largest absolute Gasteiger partial charge is 0.462 e. The molecule has 0 saturated heterocycles. The fraction of sp³-hybridized carbons (Fsp3) is 0.648. The van der Waals surface area contributed by atoms with E-state index in [9.17, 15) is 14.4 Å². The highest BCUT2D eigenvalue weighted by atomic mass is 16.6. The Morgan fingerprint density at radius 2 is 0.506 bits per heavy atom. The quantitative estimate of drug-likeness (QED) is 0.0261. The number of carbonyl (C=O) groups excluding carboxylic acids is 3. The summed E-state index contributed by atoms with van der Waals surface area (Å²) < 4.78 is 16.9. The van der Waals surface area contributed by atoms with Crippen molar-refractivity contribution in [2.45, 2.75) is 284 Å². The van der Waals surface area contributed by atoms with Crippen LogP contribution in [0.5, 0.6) is 0 Å². The second-order valence-corrected chi connectivity index (χ2v) is 20.6. The van der Waals surface area contributed by atoms with Gasteiger partial charge in [0.1, 0.15) is 13.2 Å². The molecule has 6 nitrogen and oxygen atoms in total. The van der Waals surface area contributed by atoms with Crippen molar-refractivity contribution in [1.82, 2.24) is 0 Å². The molecule has 0 aromatic rings. The molecule has 0 aliphatic rings. The van der Waals surface area contributed by atoms with Crippen molar-refractivity contribution in [3.63, 3.8) is 0 Å². The maximum atomic E-state index is 12.9. The average Bonchev–Trinajstić information content (AvgIpc) is 3.43.